The Morgan fingerprint density at radius 2 is 1.93 bits per heavy atom. The number of carbonyl (C=O) groups is 1. The van der Waals surface area contributed by atoms with E-state index in [1.165, 1.54) is 0 Å². The number of hydrogen-bond acceptors (Lipinski definition) is 5. The molecule has 0 bridgehead atoms. The number of nitrogens with one attached hydrogen (secondary N) is 2. The smallest absolute Gasteiger partial charge is 0.252 e. The molecule has 0 radical (unpaired) electrons. The highest BCUT2D eigenvalue weighted by Crippen LogP contribution is 2.12. The number of rotatable bonds is 8. The van der Waals surface area contributed by atoms with Crippen molar-refractivity contribution in [3.05, 3.63) is 83.8 Å². The zero-order valence-electron chi connectivity index (χ0n) is 15.2. The average molecular weight is 362 g/mol. The molecule has 0 unspecified atom stereocenters. The third-order valence-corrected chi connectivity index (χ3v) is 4.08. The summed E-state index contributed by atoms with van der Waals surface area (Å²) in [4.78, 5) is 20.5. The Bertz CT molecular complexity index is 867. The molecule has 27 heavy (non-hydrogen) atoms. The molecule has 6 heteroatoms. The number of amides is 1. The van der Waals surface area contributed by atoms with Crippen LogP contribution in [0.5, 0.6) is 5.75 Å². The Morgan fingerprint density at radius 1 is 1.07 bits per heavy atom. The first-order chi connectivity index (χ1) is 13.2. The molecule has 2 aromatic heterocycles. The van der Waals surface area contributed by atoms with Crippen LogP contribution in [0.1, 0.15) is 21.5 Å². The van der Waals surface area contributed by atoms with Gasteiger partial charge in [-0.05, 0) is 53.9 Å². The van der Waals surface area contributed by atoms with Crippen molar-refractivity contribution in [1.82, 2.24) is 15.3 Å². The van der Waals surface area contributed by atoms with Gasteiger partial charge >= 0.3 is 0 Å². The molecule has 0 aliphatic carbocycles. The second-order valence-corrected chi connectivity index (χ2v) is 6.00. The van der Waals surface area contributed by atoms with Crippen molar-refractivity contribution in [2.75, 3.05) is 19.0 Å². The Labute approximate surface area is 158 Å². The molecule has 0 saturated carbocycles. The van der Waals surface area contributed by atoms with Gasteiger partial charge in [0.2, 0.25) is 0 Å². The van der Waals surface area contributed by atoms with Gasteiger partial charge in [-0.25, -0.2) is 4.98 Å². The van der Waals surface area contributed by atoms with Gasteiger partial charge in [-0.1, -0.05) is 12.1 Å². The molecular formula is C21H22N4O2. The minimum absolute atomic E-state index is 0.133. The van der Waals surface area contributed by atoms with Crippen LogP contribution in [0, 0.1) is 0 Å². The van der Waals surface area contributed by atoms with E-state index in [-0.39, 0.29) is 5.91 Å². The van der Waals surface area contributed by atoms with Crippen LogP contribution in [-0.2, 0) is 13.0 Å². The van der Waals surface area contributed by atoms with Crippen LogP contribution in [0.4, 0.5) is 5.82 Å². The molecule has 1 amide bonds. The summed E-state index contributed by atoms with van der Waals surface area (Å²) >= 11 is 0. The van der Waals surface area contributed by atoms with Crippen LogP contribution in [0.3, 0.4) is 0 Å². The first kappa shape index (κ1) is 18.4. The minimum atomic E-state index is -0.133. The normalized spacial score (nSPS) is 10.3. The lowest BCUT2D eigenvalue weighted by atomic mass is 10.1. The number of aromatic nitrogens is 2. The maximum Gasteiger partial charge on any atom is 0.252 e. The van der Waals surface area contributed by atoms with Crippen LogP contribution < -0.4 is 15.4 Å². The van der Waals surface area contributed by atoms with Crippen molar-refractivity contribution in [2.24, 2.45) is 0 Å². The molecule has 1 aromatic carbocycles. The highest BCUT2D eigenvalue weighted by molar-refractivity contribution is 5.94. The first-order valence-corrected chi connectivity index (χ1v) is 8.74. The van der Waals surface area contributed by atoms with Crippen molar-refractivity contribution >= 4 is 11.7 Å². The molecule has 2 heterocycles. The Morgan fingerprint density at radius 3 is 2.67 bits per heavy atom. The quantitative estimate of drug-likeness (QED) is 0.644. The summed E-state index contributed by atoms with van der Waals surface area (Å²) in [6, 6.07) is 15.3. The number of nitrogens with zero attached hydrogens (tertiary/aromatic N) is 2. The number of benzene rings is 1. The van der Waals surface area contributed by atoms with E-state index >= 15 is 0 Å². The lowest BCUT2D eigenvalue weighted by molar-refractivity contribution is 0.0954. The lowest BCUT2D eigenvalue weighted by Gasteiger charge is -2.08. The number of ether oxygens (including phenoxy) is 1. The maximum atomic E-state index is 12.2. The van der Waals surface area contributed by atoms with Gasteiger partial charge in [0.25, 0.3) is 5.91 Å². The molecule has 0 fully saturated rings. The Hall–Kier alpha value is -3.41. The van der Waals surface area contributed by atoms with E-state index in [2.05, 4.69) is 20.6 Å². The van der Waals surface area contributed by atoms with Gasteiger partial charge in [0, 0.05) is 31.7 Å². The van der Waals surface area contributed by atoms with Gasteiger partial charge < -0.3 is 15.4 Å². The molecule has 0 saturated heterocycles. The number of carbonyl (C=O) groups excluding carboxylic acids is 1. The highest BCUT2D eigenvalue weighted by atomic mass is 16.5. The van der Waals surface area contributed by atoms with Gasteiger partial charge in [0.1, 0.15) is 11.6 Å². The molecule has 0 spiro atoms. The fourth-order valence-corrected chi connectivity index (χ4v) is 2.58. The molecule has 138 valence electrons. The van der Waals surface area contributed by atoms with Crippen molar-refractivity contribution < 1.29 is 9.53 Å². The van der Waals surface area contributed by atoms with E-state index in [0.29, 0.717) is 18.7 Å². The fourth-order valence-electron chi connectivity index (χ4n) is 2.58. The van der Waals surface area contributed by atoms with Crippen molar-refractivity contribution in [1.29, 1.82) is 0 Å². The van der Waals surface area contributed by atoms with Gasteiger partial charge in [0.05, 0.1) is 12.7 Å². The zero-order chi connectivity index (χ0) is 18.9. The van der Waals surface area contributed by atoms with Crippen LogP contribution in [-0.4, -0.2) is 29.5 Å². The standard InChI is InChI=1S/C21H22N4O2/c1-27-19-4-2-3-16(13-19)9-12-23-21(26)18-5-6-20(25-15-18)24-14-17-7-10-22-11-8-17/h2-8,10-11,13,15H,9,12,14H2,1H3,(H,23,26)(H,24,25). The van der Waals surface area contributed by atoms with E-state index in [9.17, 15) is 4.79 Å². The molecule has 3 aromatic rings. The second kappa shape index (κ2) is 9.33. The summed E-state index contributed by atoms with van der Waals surface area (Å²) in [5, 5.41) is 6.14. The summed E-state index contributed by atoms with van der Waals surface area (Å²) in [6.07, 6.45) is 5.82. The third kappa shape index (κ3) is 5.54. The van der Waals surface area contributed by atoms with Gasteiger partial charge in [-0.15, -0.1) is 0 Å². The van der Waals surface area contributed by atoms with Gasteiger partial charge in [0.15, 0.2) is 0 Å². The van der Waals surface area contributed by atoms with Gasteiger partial charge in [-0.3, -0.25) is 9.78 Å². The topological polar surface area (TPSA) is 76.1 Å². The van der Waals surface area contributed by atoms with E-state index in [1.54, 1.807) is 37.8 Å². The SMILES string of the molecule is COc1cccc(CCNC(=O)c2ccc(NCc3ccncc3)nc2)c1. The van der Waals surface area contributed by atoms with Crippen LogP contribution in [0.25, 0.3) is 0 Å². The first-order valence-electron chi connectivity index (χ1n) is 8.74. The summed E-state index contributed by atoms with van der Waals surface area (Å²) in [5.74, 6) is 1.41. The monoisotopic (exact) mass is 362 g/mol. The molecule has 3 rings (SSSR count). The molecule has 2 N–H and O–H groups in total. The zero-order valence-corrected chi connectivity index (χ0v) is 15.2. The summed E-state index contributed by atoms with van der Waals surface area (Å²) in [5.41, 5.74) is 2.77. The summed E-state index contributed by atoms with van der Waals surface area (Å²) in [7, 11) is 1.64. The fraction of sp³-hybridized carbons (Fsp3) is 0.190. The number of anilines is 1. The van der Waals surface area contributed by atoms with E-state index in [0.717, 1.165) is 29.1 Å². The van der Waals surface area contributed by atoms with E-state index < -0.39 is 0 Å². The Balaban J connectivity index is 1.47. The van der Waals surface area contributed by atoms with Crippen LogP contribution in [0.2, 0.25) is 0 Å². The van der Waals surface area contributed by atoms with Crippen molar-refractivity contribution in [3.63, 3.8) is 0 Å². The highest BCUT2D eigenvalue weighted by Gasteiger charge is 2.06. The van der Waals surface area contributed by atoms with Crippen LogP contribution in [0.15, 0.2) is 67.1 Å². The molecule has 0 atom stereocenters. The van der Waals surface area contributed by atoms with Gasteiger partial charge in [-0.2, -0.15) is 0 Å². The summed E-state index contributed by atoms with van der Waals surface area (Å²) < 4.78 is 5.21. The van der Waals surface area contributed by atoms with E-state index in [4.69, 9.17) is 4.74 Å². The molecule has 0 aliphatic rings. The Kier molecular flexibility index (Phi) is 6.35. The van der Waals surface area contributed by atoms with Crippen molar-refractivity contribution in [3.8, 4) is 5.75 Å². The number of hydrogen-bond donors (Lipinski definition) is 2. The van der Waals surface area contributed by atoms with Crippen LogP contribution >= 0.6 is 0 Å². The summed E-state index contributed by atoms with van der Waals surface area (Å²) in [6.45, 7) is 1.20. The largest absolute Gasteiger partial charge is 0.497 e. The minimum Gasteiger partial charge on any atom is -0.497 e. The number of pyridine rings is 2. The lowest BCUT2D eigenvalue weighted by Crippen LogP contribution is -2.25. The predicted octanol–water partition coefficient (Wildman–Crippen LogP) is 3.07. The molecule has 6 nitrogen and oxygen atoms in total. The average Bonchev–Trinajstić information content (AvgIpc) is 2.73. The second-order valence-electron chi connectivity index (χ2n) is 6.00. The van der Waals surface area contributed by atoms with Crippen molar-refractivity contribution in [2.45, 2.75) is 13.0 Å². The molecule has 0 aliphatic heterocycles. The third-order valence-electron chi connectivity index (χ3n) is 4.08. The predicted molar refractivity (Wildman–Crippen MR) is 105 cm³/mol. The number of methoxy groups -OCH3 is 1. The molecular weight excluding hydrogens is 340 g/mol. The maximum absolute atomic E-state index is 12.2. The van der Waals surface area contributed by atoms with E-state index in [1.807, 2.05) is 36.4 Å².